The van der Waals surface area contributed by atoms with Gasteiger partial charge in [0.2, 0.25) is 11.8 Å². The predicted molar refractivity (Wildman–Crippen MR) is 119 cm³/mol. The van der Waals surface area contributed by atoms with E-state index in [2.05, 4.69) is 10.3 Å². The van der Waals surface area contributed by atoms with Crippen LogP contribution in [0.2, 0.25) is 5.02 Å². The van der Waals surface area contributed by atoms with Gasteiger partial charge in [0, 0.05) is 17.1 Å². The Morgan fingerprint density at radius 2 is 1.97 bits per heavy atom. The lowest BCUT2D eigenvalue weighted by molar-refractivity contribution is -0.128. The zero-order valence-electron chi connectivity index (χ0n) is 15.8. The lowest BCUT2D eigenvalue weighted by Crippen LogP contribution is -2.33. The van der Waals surface area contributed by atoms with Gasteiger partial charge in [-0.3, -0.25) is 14.5 Å². The molecule has 2 heterocycles. The van der Waals surface area contributed by atoms with Gasteiger partial charge in [-0.25, -0.2) is 4.99 Å². The van der Waals surface area contributed by atoms with Gasteiger partial charge in [0.15, 0.2) is 5.17 Å². The van der Waals surface area contributed by atoms with Crippen LogP contribution in [0.5, 0.6) is 0 Å². The number of hydrogen-bond acceptors (Lipinski definition) is 5. The second-order valence-corrected chi connectivity index (χ2v) is 8.21. The first-order valence-electron chi connectivity index (χ1n) is 9.28. The monoisotopic (exact) mass is 439 g/mol. The largest absolute Gasteiger partial charge is 0.467 e. The summed E-state index contributed by atoms with van der Waals surface area (Å²) in [7, 11) is 0. The van der Waals surface area contributed by atoms with Crippen molar-refractivity contribution in [2.75, 3.05) is 5.32 Å². The molecule has 1 aliphatic heterocycles. The van der Waals surface area contributed by atoms with Crippen LogP contribution in [0.25, 0.3) is 0 Å². The first-order valence-corrected chi connectivity index (χ1v) is 10.5. The van der Waals surface area contributed by atoms with E-state index >= 15 is 0 Å². The van der Waals surface area contributed by atoms with Gasteiger partial charge in [-0.05, 0) is 42.5 Å². The van der Waals surface area contributed by atoms with Gasteiger partial charge in [-0.2, -0.15) is 0 Å². The first-order chi connectivity index (χ1) is 14.6. The fraction of sp³-hybridized carbons (Fsp3) is 0.136. The number of rotatable bonds is 6. The first kappa shape index (κ1) is 20.3. The molecule has 4 rings (SSSR count). The van der Waals surface area contributed by atoms with E-state index in [9.17, 15) is 9.59 Å². The molecule has 1 saturated heterocycles. The fourth-order valence-corrected chi connectivity index (χ4v) is 4.34. The van der Waals surface area contributed by atoms with Crippen LogP contribution in [0, 0.1) is 0 Å². The number of nitrogens with zero attached hydrogens (tertiary/aromatic N) is 2. The van der Waals surface area contributed by atoms with Crippen molar-refractivity contribution in [1.82, 2.24) is 4.90 Å². The highest BCUT2D eigenvalue weighted by Crippen LogP contribution is 2.33. The van der Waals surface area contributed by atoms with Crippen LogP contribution in [-0.2, 0) is 16.1 Å². The number of anilines is 1. The average Bonchev–Trinajstić information content (AvgIpc) is 3.33. The van der Waals surface area contributed by atoms with E-state index in [0.717, 1.165) is 5.69 Å². The zero-order valence-corrected chi connectivity index (χ0v) is 17.4. The molecule has 30 heavy (non-hydrogen) atoms. The number of furan rings is 1. The number of thioether (sulfide) groups is 1. The Labute approximate surface area is 182 Å². The quantitative estimate of drug-likeness (QED) is 0.580. The Morgan fingerprint density at radius 1 is 1.13 bits per heavy atom. The van der Waals surface area contributed by atoms with Crippen molar-refractivity contribution < 1.29 is 14.0 Å². The summed E-state index contributed by atoms with van der Waals surface area (Å²) in [6, 6.07) is 19.9. The zero-order chi connectivity index (χ0) is 20.9. The summed E-state index contributed by atoms with van der Waals surface area (Å²) in [5.41, 5.74) is 1.33. The Morgan fingerprint density at radius 3 is 2.70 bits per heavy atom. The van der Waals surface area contributed by atoms with Gasteiger partial charge in [0.1, 0.15) is 11.0 Å². The molecule has 0 radical (unpaired) electrons. The number of benzene rings is 2. The minimum absolute atomic E-state index is 0.0263. The summed E-state index contributed by atoms with van der Waals surface area (Å²) < 4.78 is 5.40. The molecule has 2 aromatic carbocycles. The standard InChI is InChI=1S/C22H18ClN3O3S/c23-15-6-4-9-17(12-15)24-20(27)13-19-21(28)26(14-18-10-5-11-29-18)22(30-19)25-16-7-2-1-3-8-16/h1-12,19H,13-14H2,(H,24,27)/t19-/m0/s1. The van der Waals surface area contributed by atoms with Crippen LogP contribution in [0.1, 0.15) is 12.2 Å². The maximum absolute atomic E-state index is 13.1. The predicted octanol–water partition coefficient (Wildman–Crippen LogP) is 5.09. The molecular weight excluding hydrogens is 422 g/mol. The highest BCUT2D eigenvalue weighted by Gasteiger charge is 2.39. The molecule has 0 spiro atoms. The van der Waals surface area contributed by atoms with Crippen molar-refractivity contribution in [3.63, 3.8) is 0 Å². The van der Waals surface area contributed by atoms with Crippen LogP contribution in [0.4, 0.5) is 11.4 Å². The van der Waals surface area contributed by atoms with E-state index in [0.29, 0.717) is 21.6 Å². The molecule has 0 unspecified atom stereocenters. The van der Waals surface area contributed by atoms with Gasteiger partial charge in [-0.15, -0.1) is 0 Å². The molecule has 3 aromatic rings. The van der Waals surface area contributed by atoms with Crippen LogP contribution >= 0.6 is 23.4 Å². The normalized spacial score (nSPS) is 17.5. The molecule has 0 aliphatic carbocycles. The SMILES string of the molecule is O=C(C[C@@H]1SC(=Nc2ccccc2)N(Cc2ccco2)C1=O)Nc1cccc(Cl)c1. The molecule has 1 aromatic heterocycles. The molecule has 1 N–H and O–H groups in total. The number of nitrogens with one attached hydrogen (secondary N) is 1. The fourth-order valence-electron chi connectivity index (χ4n) is 2.99. The maximum atomic E-state index is 13.1. The number of hydrogen-bond donors (Lipinski definition) is 1. The Kier molecular flexibility index (Phi) is 6.21. The molecule has 0 saturated carbocycles. The van der Waals surface area contributed by atoms with Crippen molar-refractivity contribution in [2.45, 2.75) is 18.2 Å². The van der Waals surface area contributed by atoms with E-state index in [-0.39, 0.29) is 24.8 Å². The number of halogens is 1. The van der Waals surface area contributed by atoms with Gasteiger partial charge >= 0.3 is 0 Å². The van der Waals surface area contributed by atoms with E-state index < -0.39 is 5.25 Å². The topological polar surface area (TPSA) is 74.9 Å². The summed E-state index contributed by atoms with van der Waals surface area (Å²) in [4.78, 5) is 31.8. The lowest BCUT2D eigenvalue weighted by Gasteiger charge is -2.15. The smallest absolute Gasteiger partial charge is 0.243 e. The summed E-state index contributed by atoms with van der Waals surface area (Å²) in [5, 5.41) is 3.29. The Balaban J connectivity index is 1.51. The molecule has 0 bridgehead atoms. The highest BCUT2D eigenvalue weighted by molar-refractivity contribution is 8.15. The number of aliphatic imine (C=N–C) groups is 1. The van der Waals surface area contributed by atoms with Gasteiger partial charge < -0.3 is 9.73 Å². The van der Waals surface area contributed by atoms with Gasteiger partial charge in [0.25, 0.3) is 0 Å². The molecule has 1 atom stereocenters. The highest BCUT2D eigenvalue weighted by atomic mass is 35.5. The number of amides is 2. The Bertz CT molecular complexity index is 1070. The van der Waals surface area contributed by atoms with Crippen LogP contribution in [-0.4, -0.2) is 27.1 Å². The second-order valence-electron chi connectivity index (χ2n) is 6.60. The van der Waals surface area contributed by atoms with E-state index in [4.69, 9.17) is 16.0 Å². The molecular formula is C22H18ClN3O3S. The van der Waals surface area contributed by atoms with E-state index in [1.807, 2.05) is 30.3 Å². The van der Waals surface area contributed by atoms with Gasteiger partial charge in [-0.1, -0.05) is 47.6 Å². The summed E-state index contributed by atoms with van der Waals surface area (Å²) in [6.45, 7) is 0.261. The van der Waals surface area contributed by atoms with Crippen LogP contribution < -0.4 is 5.32 Å². The molecule has 2 amide bonds. The molecule has 8 heteroatoms. The molecule has 152 valence electrons. The number of para-hydroxylation sites is 1. The average molecular weight is 440 g/mol. The van der Waals surface area contributed by atoms with E-state index in [1.165, 1.54) is 11.8 Å². The Hall–Kier alpha value is -3.03. The molecule has 6 nitrogen and oxygen atoms in total. The summed E-state index contributed by atoms with van der Waals surface area (Å²) in [6.07, 6.45) is 1.59. The van der Waals surface area contributed by atoms with Crippen LogP contribution in [0.15, 0.2) is 82.4 Å². The van der Waals surface area contributed by atoms with Crippen molar-refractivity contribution in [2.24, 2.45) is 4.99 Å². The lowest BCUT2D eigenvalue weighted by atomic mass is 10.2. The minimum atomic E-state index is -0.568. The van der Waals surface area contributed by atoms with Crippen LogP contribution in [0.3, 0.4) is 0 Å². The van der Waals surface area contributed by atoms with Gasteiger partial charge in [0.05, 0.1) is 18.5 Å². The number of carbonyl (C=O) groups is 2. The summed E-state index contributed by atoms with van der Waals surface area (Å²) >= 11 is 7.25. The number of carbonyl (C=O) groups excluding carboxylic acids is 2. The van der Waals surface area contributed by atoms with E-state index in [1.54, 1.807) is 47.6 Å². The van der Waals surface area contributed by atoms with Crippen molar-refractivity contribution in [3.8, 4) is 0 Å². The number of amidine groups is 1. The maximum Gasteiger partial charge on any atom is 0.243 e. The van der Waals surface area contributed by atoms with Crippen molar-refractivity contribution in [1.29, 1.82) is 0 Å². The summed E-state index contributed by atoms with van der Waals surface area (Å²) in [5.74, 6) is 0.211. The van der Waals surface area contributed by atoms with Crippen molar-refractivity contribution >= 4 is 51.7 Å². The van der Waals surface area contributed by atoms with Crippen molar-refractivity contribution in [3.05, 3.63) is 83.8 Å². The molecule has 1 fully saturated rings. The second kappa shape index (κ2) is 9.19. The third-order valence-electron chi connectivity index (χ3n) is 4.37. The third-order valence-corrected chi connectivity index (χ3v) is 5.78. The molecule has 1 aliphatic rings. The third kappa shape index (κ3) is 4.93. The minimum Gasteiger partial charge on any atom is -0.467 e.